The van der Waals surface area contributed by atoms with Gasteiger partial charge in [-0.25, -0.2) is 9.97 Å². The minimum atomic E-state index is 0.141. The number of rotatable bonds is 16. The van der Waals surface area contributed by atoms with Crippen molar-refractivity contribution in [2.75, 3.05) is 74.8 Å². The van der Waals surface area contributed by atoms with Crippen LogP contribution < -0.4 is 22.1 Å². The van der Waals surface area contributed by atoms with E-state index in [2.05, 4.69) is 30.6 Å². The minimum absolute atomic E-state index is 0.141. The van der Waals surface area contributed by atoms with E-state index in [4.69, 9.17) is 48.9 Å². The van der Waals surface area contributed by atoms with Gasteiger partial charge in [0.25, 0.3) is 0 Å². The second-order valence-electron chi connectivity index (χ2n) is 6.27. The van der Waals surface area contributed by atoms with Crippen molar-refractivity contribution >= 4 is 46.7 Å². The Morgan fingerprint density at radius 2 is 1.03 bits per heavy atom. The van der Waals surface area contributed by atoms with Crippen molar-refractivity contribution in [1.82, 2.24) is 19.9 Å². The molecule has 0 amide bonds. The number of nitrogens with two attached hydrogens (primary N) is 2. The summed E-state index contributed by atoms with van der Waals surface area (Å²) >= 11 is 11.6. The topological polar surface area (TPSA) is 155 Å². The summed E-state index contributed by atoms with van der Waals surface area (Å²) < 4.78 is 16.5. The average molecular weight is 475 g/mol. The van der Waals surface area contributed by atoms with E-state index in [1.165, 1.54) is 0 Å². The lowest BCUT2D eigenvalue weighted by Gasteiger charge is -2.09. The Bertz CT molecular complexity index is 683. The van der Waals surface area contributed by atoms with E-state index in [1.54, 1.807) is 12.1 Å². The molecule has 0 unspecified atom stereocenters. The zero-order valence-corrected chi connectivity index (χ0v) is 18.7. The standard InChI is InChI=1S/C18H28Cl2N8O3/c19-13-11-15(27-17(21)25-13)23-3-1-5-29-7-9-31-10-8-30-6-2-4-24-16-12-14(20)26-18(22)28-16/h11-12H,1-10H2,(H3,21,23,25,27)(H3,22,24,26,28). The molecule has 0 aromatic carbocycles. The van der Waals surface area contributed by atoms with E-state index in [0.29, 0.717) is 74.7 Å². The maximum atomic E-state index is 5.81. The highest BCUT2D eigenvalue weighted by Gasteiger charge is 2.01. The summed E-state index contributed by atoms with van der Waals surface area (Å²) in [5, 5.41) is 6.84. The van der Waals surface area contributed by atoms with Crippen molar-refractivity contribution in [3.63, 3.8) is 0 Å². The number of aromatic nitrogens is 4. The summed E-state index contributed by atoms with van der Waals surface area (Å²) in [7, 11) is 0. The normalized spacial score (nSPS) is 10.9. The zero-order chi connectivity index (χ0) is 22.3. The lowest BCUT2D eigenvalue weighted by molar-refractivity contribution is 0.0145. The lowest BCUT2D eigenvalue weighted by atomic mass is 10.4. The van der Waals surface area contributed by atoms with Gasteiger partial charge in [-0.15, -0.1) is 0 Å². The quantitative estimate of drug-likeness (QED) is 0.208. The van der Waals surface area contributed by atoms with Crippen molar-refractivity contribution in [2.24, 2.45) is 0 Å². The predicted molar refractivity (Wildman–Crippen MR) is 122 cm³/mol. The summed E-state index contributed by atoms with van der Waals surface area (Å²) in [6, 6.07) is 3.24. The molecule has 2 rings (SSSR count). The summed E-state index contributed by atoms with van der Waals surface area (Å²) in [4.78, 5) is 15.7. The van der Waals surface area contributed by atoms with E-state index in [1.807, 2.05) is 0 Å². The average Bonchev–Trinajstić information content (AvgIpc) is 2.69. The van der Waals surface area contributed by atoms with Crippen LogP contribution in [0.2, 0.25) is 10.3 Å². The van der Waals surface area contributed by atoms with E-state index < -0.39 is 0 Å². The highest BCUT2D eigenvalue weighted by molar-refractivity contribution is 6.30. The number of nitrogen functional groups attached to an aromatic ring is 2. The smallest absolute Gasteiger partial charge is 0.223 e. The molecule has 31 heavy (non-hydrogen) atoms. The summed E-state index contributed by atoms with van der Waals surface area (Å²) in [6.45, 7) is 4.69. The first-order valence-electron chi connectivity index (χ1n) is 9.84. The molecule has 6 N–H and O–H groups in total. The zero-order valence-electron chi connectivity index (χ0n) is 17.1. The maximum Gasteiger partial charge on any atom is 0.223 e. The molecule has 13 heteroatoms. The molecule has 2 aromatic rings. The van der Waals surface area contributed by atoms with Gasteiger partial charge in [-0.3, -0.25) is 0 Å². The number of anilines is 4. The van der Waals surface area contributed by atoms with Crippen LogP contribution >= 0.6 is 23.2 Å². The number of hydrogen-bond donors (Lipinski definition) is 4. The number of hydrogen-bond acceptors (Lipinski definition) is 11. The minimum Gasteiger partial charge on any atom is -0.379 e. The van der Waals surface area contributed by atoms with Crippen LogP contribution in [-0.4, -0.2) is 72.7 Å². The molecule has 2 aromatic heterocycles. The second-order valence-corrected chi connectivity index (χ2v) is 7.04. The van der Waals surface area contributed by atoms with E-state index >= 15 is 0 Å². The molecular weight excluding hydrogens is 447 g/mol. The van der Waals surface area contributed by atoms with E-state index in [0.717, 1.165) is 12.8 Å². The first-order chi connectivity index (χ1) is 15.0. The lowest BCUT2D eigenvalue weighted by Crippen LogP contribution is -2.13. The van der Waals surface area contributed by atoms with Gasteiger partial charge in [-0.1, -0.05) is 23.2 Å². The Balaban J connectivity index is 1.33. The van der Waals surface area contributed by atoms with Crippen LogP contribution in [-0.2, 0) is 14.2 Å². The Kier molecular flexibility index (Phi) is 11.9. The Morgan fingerprint density at radius 3 is 1.42 bits per heavy atom. The van der Waals surface area contributed by atoms with Crippen molar-refractivity contribution in [3.05, 3.63) is 22.4 Å². The van der Waals surface area contributed by atoms with Gasteiger partial charge in [0.05, 0.1) is 26.4 Å². The molecule has 0 aliphatic heterocycles. The van der Waals surface area contributed by atoms with Gasteiger partial charge >= 0.3 is 0 Å². The fraction of sp³-hybridized carbons (Fsp3) is 0.556. The Hall–Kier alpha value is -2.18. The highest BCUT2D eigenvalue weighted by Crippen LogP contribution is 2.13. The van der Waals surface area contributed by atoms with Crippen LogP contribution in [0, 0.1) is 0 Å². The van der Waals surface area contributed by atoms with Crippen LogP contribution in [0.25, 0.3) is 0 Å². The monoisotopic (exact) mass is 474 g/mol. The molecule has 0 aliphatic carbocycles. The fourth-order valence-electron chi connectivity index (χ4n) is 2.37. The van der Waals surface area contributed by atoms with Crippen LogP contribution in [0.4, 0.5) is 23.5 Å². The number of halogens is 2. The second kappa shape index (κ2) is 14.8. The van der Waals surface area contributed by atoms with Crippen molar-refractivity contribution in [2.45, 2.75) is 12.8 Å². The third-order valence-electron chi connectivity index (χ3n) is 3.71. The van der Waals surface area contributed by atoms with Gasteiger partial charge in [-0.2, -0.15) is 9.97 Å². The number of ether oxygens (including phenoxy) is 3. The van der Waals surface area contributed by atoms with Crippen LogP contribution in [0.3, 0.4) is 0 Å². The van der Waals surface area contributed by atoms with Gasteiger partial charge in [0.1, 0.15) is 21.9 Å². The fourth-order valence-corrected chi connectivity index (χ4v) is 2.75. The molecule has 0 saturated heterocycles. The molecule has 0 radical (unpaired) electrons. The molecule has 0 spiro atoms. The van der Waals surface area contributed by atoms with Crippen LogP contribution in [0.5, 0.6) is 0 Å². The molecule has 172 valence electrons. The number of nitrogens with zero attached hydrogens (tertiary/aromatic N) is 4. The SMILES string of the molecule is Nc1nc(Cl)cc(NCCCOCCOCCOCCCNc2cc(Cl)nc(N)n2)n1. The molecule has 11 nitrogen and oxygen atoms in total. The first-order valence-corrected chi connectivity index (χ1v) is 10.6. The number of nitrogens with one attached hydrogen (secondary N) is 2. The molecule has 0 aliphatic rings. The third kappa shape index (κ3) is 11.7. The van der Waals surface area contributed by atoms with Gasteiger partial charge < -0.3 is 36.3 Å². The van der Waals surface area contributed by atoms with Gasteiger partial charge in [0.15, 0.2) is 0 Å². The predicted octanol–water partition coefficient (Wildman–Crippen LogP) is 2.09. The van der Waals surface area contributed by atoms with Crippen molar-refractivity contribution in [1.29, 1.82) is 0 Å². The molecule has 0 atom stereocenters. The summed E-state index contributed by atoms with van der Waals surface area (Å²) in [5.74, 6) is 1.48. The van der Waals surface area contributed by atoms with Crippen molar-refractivity contribution in [3.8, 4) is 0 Å². The Morgan fingerprint density at radius 1 is 0.645 bits per heavy atom. The summed E-state index contributed by atoms with van der Waals surface area (Å²) in [6.07, 6.45) is 1.62. The first kappa shape index (κ1) is 25.1. The molecule has 2 heterocycles. The molecule has 0 saturated carbocycles. The molecule has 0 fully saturated rings. The van der Waals surface area contributed by atoms with Gasteiger partial charge in [0.2, 0.25) is 11.9 Å². The highest BCUT2D eigenvalue weighted by atomic mass is 35.5. The van der Waals surface area contributed by atoms with E-state index in [-0.39, 0.29) is 11.9 Å². The van der Waals surface area contributed by atoms with Crippen molar-refractivity contribution < 1.29 is 14.2 Å². The maximum absolute atomic E-state index is 5.81. The van der Waals surface area contributed by atoms with Gasteiger partial charge in [-0.05, 0) is 12.8 Å². The summed E-state index contributed by atoms with van der Waals surface area (Å²) in [5.41, 5.74) is 11.1. The van der Waals surface area contributed by atoms with Crippen LogP contribution in [0.1, 0.15) is 12.8 Å². The Labute approximate surface area is 191 Å². The van der Waals surface area contributed by atoms with Gasteiger partial charge in [0, 0.05) is 38.4 Å². The largest absolute Gasteiger partial charge is 0.379 e. The molecular formula is C18H28Cl2N8O3. The van der Waals surface area contributed by atoms with Crippen LogP contribution in [0.15, 0.2) is 12.1 Å². The molecule has 0 bridgehead atoms. The third-order valence-corrected chi connectivity index (χ3v) is 4.10. The van der Waals surface area contributed by atoms with E-state index in [9.17, 15) is 0 Å².